The van der Waals surface area contributed by atoms with Crippen LogP contribution < -0.4 is 10.2 Å². The number of hydrogen-bond donors (Lipinski definition) is 1. The molecule has 1 amide bonds. The van der Waals surface area contributed by atoms with Gasteiger partial charge in [-0.1, -0.05) is 11.6 Å². The van der Waals surface area contributed by atoms with Gasteiger partial charge < -0.3 is 4.74 Å². The first-order chi connectivity index (χ1) is 10.0. The molecule has 2 rings (SSSR count). The highest BCUT2D eigenvalue weighted by molar-refractivity contribution is 7.13. The van der Waals surface area contributed by atoms with E-state index < -0.39 is 0 Å². The molecule has 0 atom stereocenters. The molecule has 0 aliphatic heterocycles. The van der Waals surface area contributed by atoms with Crippen molar-refractivity contribution >= 4 is 35.1 Å². The van der Waals surface area contributed by atoms with Crippen molar-refractivity contribution in [3.05, 3.63) is 50.7 Å². The predicted molar refractivity (Wildman–Crippen MR) is 86.5 cm³/mol. The smallest absolute Gasteiger partial charge is 0.277 e. The van der Waals surface area contributed by atoms with Gasteiger partial charge in [-0.2, -0.15) is 5.10 Å². The Hall–Kier alpha value is -1.85. The van der Waals surface area contributed by atoms with E-state index in [4.69, 9.17) is 16.3 Å². The molecule has 0 spiro atoms. The number of thiophene rings is 1. The summed E-state index contributed by atoms with van der Waals surface area (Å²) in [4.78, 5) is 13.8. The van der Waals surface area contributed by atoms with E-state index in [-0.39, 0.29) is 12.5 Å². The Morgan fingerprint density at radius 2 is 2.19 bits per heavy atom. The van der Waals surface area contributed by atoms with Crippen LogP contribution in [0.2, 0.25) is 5.02 Å². The summed E-state index contributed by atoms with van der Waals surface area (Å²) in [7, 11) is 0. The lowest BCUT2D eigenvalue weighted by Gasteiger charge is -2.08. The van der Waals surface area contributed by atoms with Crippen LogP contribution in [-0.2, 0) is 4.79 Å². The van der Waals surface area contributed by atoms with Gasteiger partial charge in [0.1, 0.15) is 5.75 Å². The van der Waals surface area contributed by atoms with Crippen LogP contribution in [0.25, 0.3) is 0 Å². The fraction of sp³-hybridized carbons (Fsp3) is 0.200. The lowest BCUT2D eigenvalue weighted by molar-refractivity contribution is -0.123. The summed E-state index contributed by atoms with van der Waals surface area (Å²) in [5.41, 5.74) is 3.31. The van der Waals surface area contributed by atoms with Crippen LogP contribution in [0.15, 0.2) is 35.4 Å². The maximum Gasteiger partial charge on any atom is 0.277 e. The fourth-order valence-electron chi connectivity index (χ4n) is 1.64. The molecule has 0 unspecified atom stereocenters. The number of nitrogens with one attached hydrogen (secondary N) is 1. The first-order valence-electron chi connectivity index (χ1n) is 6.32. The van der Waals surface area contributed by atoms with Gasteiger partial charge in [0.15, 0.2) is 6.61 Å². The van der Waals surface area contributed by atoms with Crippen LogP contribution in [0.5, 0.6) is 5.75 Å². The number of nitrogens with zero attached hydrogens (tertiary/aromatic N) is 1. The summed E-state index contributed by atoms with van der Waals surface area (Å²) >= 11 is 7.46. The van der Waals surface area contributed by atoms with Gasteiger partial charge in [-0.3, -0.25) is 4.79 Å². The quantitative estimate of drug-likeness (QED) is 0.676. The zero-order chi connectivity index (χ0) is 15.2. The van der Waals surface area contributed by atoms with Gasteiger partial charge in [0, 0.05) is 14.8 Å². The minimum atomic E-state index is -0.311. The van der Waals surface area contributed by atoms with Crippen molar-refractivity contribution < 1.29 is 9.53 Å². The highest BCUT2D eigenvalue weighted by Crippen LogP contribution is 2.21. The Morgan fingerprint density at radius 1 is 1.38 bits per heavy atom. The Bertz CT molecular complexity index is 667. The van der Waals surface area contributed by atoms with E-state index in [0.717, 1.165) is 10.4 Å². The number of benzene rings is 1. The molecule has 0 bridgehead atoms. The Labute approximate surface area is 132 Å². The zero-order valence-corrected chi connectivity index (χ0v) is 13.3. The molecule has 1 aromatic carbocycles. The van der Waals surface area contributed by atoms with Crippen molar-refractivity contribution in [3.8, 4) is 5.75 Å². The number of hydrazone groups is 1. The second-order valence-electron chi connectivity index (χ2n) is 4.44. The number of hydrogen-bond acceptors (Lipinski definition) is 4. The Kier molecular flexibility index (Phi) is 5.36. The fourth-order valence-corrected chi connectivity index (χ4v) is 2.62. The molecule has 2 aromatic rings. The van der Waals surface area contributed by atoms with Crippen LogP contribution >= 0.6 is 22.9 Å². The van der Waals surface area contributed by atoms with Gasteiger partial charge in [0.2, 0.25) is 0 Å². The lowest BCUT2D eigenvalue weighted by atomic mass is 10.2. The highest BCUT2D eigenvalue weighted by atomic mass is 35.5. The first kappa shape index (κ1) is 15.5. The Morgan fingerprint density at radius 3 is 2.86 bits per heavy atom. The van der Waals surface area contributed by atoms with Crippen molar-refractivity contribution in [1.29, 1.82) is 0 Å². The molecule has 0 aliphatic carbocycles. The maximum atomic E-state index is 11.6. The molecule has 4 nitrogen and oxygen atoms in total. The summed E-state index contributed by atoms with van der Waals surface area (Å²) in [6.07, 6.45) is 1.61. The molecule has 0 radical (unpaired) electrons. The molecule has 1 heterocycles. The average molecular weight is 323 g/mol. The summed E-state index contributed by atoms with van der Waals surface area (Å²) in [5, 5.41) is 4.53. The van der Waals surface area contributed by atoms with Crippen LogP contribution in [0.3, 0.4) is 0 Å². The molecule has 21 heavy (non-hydrogen) atoms. The highest BCUT2D eigenvalue weighted by Gasteiger charge is 2.04. The third-order valence-electron chi connectivity index (χ3n) is 2.64. The van der Waals surface area contributed by atoms with Crippen molar-refractivity contribution in [3.63, 3.8) is 0 Å². The molecular formula is C15H15ClN2O2S. The number of carbonyl (C=O) groups is 1. The first-order valence-corrected chi connectivity index (χ1v) is 7.51. The third-order valence-corrected chi connectivity index (χ3v) is 3.81. The monoisotopic (exact) mass is 322 g/mol. The number of carbonyl (C=O) groups excluding carboxylic acids is 1. The van der Waals surface area contributed by atoms with Crippen molar-refractivity contribution in [1.82, 2.24) is 5.43 Å². The SMILES string of the molecule is Cc1ccc(/C=N/NC(=O)COc2ccc(Cl)cc2C)s1. The molecule has 6 heteroatoms. The second-order valence-corrected chi connectivity index (χ2v) is 6.20. The van der Waals surface area contributed by atoms with Gasteiger partial charge in [-0.25, -0.2) is 5.43 Å². The van der Waals surface area contributed by atoms with Crippen LogP contribution in [0.4, 0.5) is 0 Å². The average Bonchev–Trinajstić information content (AvgIpc) is 2.83. The minimum Gasteiger partial charge on any atom is -0.483 e. The summed E-state index contributed by atoms with van der Waals surface area (Å²) < 4.78 is 5.42. The van der Waals surface area contributed by atoms with Gasteiger partial charge in [-0.15, -0.1) is 11.3 Å². The van der Waals surface area contributed by atoms with E-state index in [2.05, 4.69) is 10.5 Å². The number of aryl methyl sites for hydroxylation is 2. The standard InChI is InChI=1S/C15H15ClN2O2S/c1-10-7-12(16)4-6-14(10)20-9-15(19)18-17-8-13-5-3-11(2)21-13/h3-8H,9H2,1-2H3,(H,18,19)/b17-8+. The van der Waals surface area contributed by atoms with Crippen LogP contribution in [0.1, 0.15) is 15.3 Å². The Balaban J connectivity index is 1.81. The van der Waals surface area contributed by atoms with E-state index in [9.17, 15) is 4.79 Å². The number of amides is 1. The minimum absolute atomic E-state index is 0.0940. The predicted octanol–water partition coefficient (Wildman–Crippen LogP) is 3.55. The van der Waals surface area contributed by atoms with E-state index in [0.29, 0.717) is 10.8 Å². The second kappa shape index (κ2) is 7.24. The van der Waals surface area contributed by atoms with Crippen LogP contribution in [0, 0.1) is 13.8 Å². The molecule has 0 aliphatic rings. The lowest BCUT2D eigenvalue weighted by Crippen LogP contribution is -2.24. The van der Waals surface area contributed by atoms with E-state index in [1.54, 1.807) is 35.8 Å². The van der Waals surface area contributed by atoms with Crippen LogP contribution in [-0.4, -0.2) is 18.7 Å². The van der Waals surface area contributed by atoms with Crippen molar-refractivity contribution in [2.75, 3.05) is 6.61 Å². The van der Waals surface area contributed by atoms with E-state index in [1.807, 2.05) is 26.0 Å². The topological polar surface area (TPSA) is 50.7 Å². The normalized spacial score (nSPS) is 10.8. The maximum absolute atomic E-state index is 11.6. The van der Waals surface area contributed by atoms with Crippen molar-refractivity contribution in [2.24, 2.45) is 5.10 Å². The molecule has 0 saturated carbocycles. The molecule has 0 saturated heterocycles. The summed E-state index contributed by atoms with van der Waals surface area (Å²) in [5.74, 6) is 0.321. The largest absolute Gasteiger partial charge is 0.483 e. The number of ether oxygens (including phenoxy) is 1. The third kappa shape index (κ3) is 4.88. The molecule has 0 fully saturated rings. The summed E-state index contributed by atoms with van der Waals surface area (Å²) in [6.45, 7) is 3.79. The molecule has 1 N–H and O–H groups in total. The van der Waals surface area contributed by atoms with Gasteiger partial charge in [0.25, 0.3) is 5.91 Å². The molecular weight excluding hydrogens is 308 g/mol. The number of halogens is 1. The summed E-state index contributed by atoms with van der Waals surface area (Å²) in [6, 6.07) is 9.19. The number of rotatable bonds is 5. The van der Waals surface area contributed by atoms with Gasteiger partial charge in [-0.05, 0) is 49.7 Å². The zero-order valence-electron chi connectivity index (χ0n) is 11.7. The molecule has 110 valence electrons. The van der Waals surface area contributed by atoms with Gasteiger partial charge >= 0.3 is 0 Å². The van der Waals surface area contributed by atoms with E-state index >= 15 is 0 Å². The van der Waals surface area contributed by atoms with E-state index in [1.165, 1.54) is 4.88 Å². The molecule has 1 aromatic heterocycles. The van der Waals surface area contributed by atoms with Gasteiger partial charge in [0.05, 0.1) is 6.21 Å². The van der Waals surface area contributed by atoms with Crippen molar-refractivity contribution in [2.45, 2.75) is 13.8 Å².